The molecule has 0 spiro atoms. The number of benzene rings is 1. The zero-order chi connectivity index (χ0) is 13.0. The molecule has 1 atom stereocenters. The van der Waals surface area contributed by atoms with Crippen LogP contribution in [0.4, 0.5) is 10.1 Å². The average Bonchev–Trinajstić information content (AvgIpc) is 2.31. The van der Waals surface area contributed by atoms with Crippen molar-refractivity contribution in [2.75, 3.05) is 11.5 Å². The summed E-state index contributed by atoms with van der Waals surface area (Å²) in [5, 5.41) is 0. The number of hydrogen-bond donors (Lipinski definition) is 0. The third-order valence-corrected chi connectivity index (χ3v) is 2.71. The highest BCUT2D eigenvalue weighted by atomic mass is 19.1. The van der Waals surface area contributed by atoms with Crippen LogP contribution in [-0.4, -0.2) is 18.7 Å². The van der Waals surface area contributed by atoms with Crippen molar-refractivity contribution in [2.24, 2.45) is 0 Å². The van der Waals surface area contributed by atoms with Gasteiger partial charge in [-0.3, -0.25) is 0 Å². The highest BCUT2D eigenvalue weighted by Crippen LogP contribution is 2.35. The van der Waals surface area contributed by atoms with E-state index < -0.39 is 0 Å². The minimum absolute atomic E-state index is 0.244. The summed E-state index contributed by atoms with van der Waals surface area (Å²) in [6.45, 7) is 11.0. The fraction of sp³-hybridized carbons (Fsp3) is 0.571. The Hall–Kier alpha value is -1.25. The van der Waals surface area contributed by atoms with E-state index in [2.05, 4.69) is 25.7 Å². The van der Waals surface area contributed by atoms with Gasteiger partial charge in [-0.2, -0.15) is 0 Å². The number of ether oxygens (including phenoxy) is 1. The summed E-state index contributed by atoms with van der Waals surface area (Å²) >= 11 is 0. The smallest absolute Gasteiger partial charge is 0.145 e. The predicted molar refractivity (Wildman–Crippen MR) is 70.3 cm³/mol. The monoisotopic (exact) mass is 239 g/mol. The van der Waals surface area contributed by atoms with Gasteiger partial charge in [0.2, 0.25) is 0 Å². The number of halogens is 1. The summed E-state index contributed by atoms with van der Waals surface area (Å²) in [6.07, 6.45) is 0. The lowest BCUT2D eigenvalue weighted by Crippen LogP contribution is -2.45. The maximum atomic E-state index is 13.0. The quantitative estimate of drug-likeness (QED) is 0.738. The first kappa shape index (κ1) is 13.8. The number of anilines is 1. The average molecular weight is 239 g/mol. The second kappa shape index (κ2) is 5.89. The zero-order valence-corrected chi connectivity index (χ0v) is 11.3. The van der Waals surface area contributed by atoms with Gasteiger partial charge in [-0.15, -0.1) is 0 Å². The first-order chi connectivity index (χ1) is 8.09. The van der Waals surface area contributed by atoms with Gasteiger partial charge in [-0.25, -0.2) is 4.39 Å². The molecule has 1 aliphatic heterocycles. The standard InChI is InChI=1S/C12H16FNO.C2H6/c1-8(2)14-9(3)7-15-12-6-10(13)4-5-11(12)14;1-2/h4-6,8-9H,7H2,1-3H3;1-2H3. The molecule has 3 heteroatoms. The fourth-order valence-corrected chi connectivity index (χ4v) is 2.13. The summed E-state index contributed by atoms with van der Waals surface area (Å²) < 4.78 is 18.5. The van der Waals surface area contributed by atoms with Gasteiger partial charge in [-0.05, 0) is 32.9 Å². The molecule has 2 nitrogen and oxygen atoms in total. The Morgan fingerprint density at radius 3 is 2.59 bits per heavy atom. The fourth-order valence-electron chi connectivity index (χ4n) is 2.13. The first-order valence-electron chi connectivity index (χ1n) is 6.30. The summed E-state index contributed by atoms with van der Waals surface area (Å²) in [4.78, 5) is 2.26. The lowest BCUT2D eigenvalue weighted by molar-refractivity contribution is 0.263. The van der Waals surface area contributed by atoms with Crippen LogP contribution in [0, 0.1) is 5.82 Å². The van der Waals surface area contributed by atoms with E-state index in [1.165, 1.54) is 12.1 Å². The van der Waals surface area contributed by atoms with E-state index in [4.69, 9.17) is 4.74 Å². The van der Waals surface area contributed by atoms with Gasteiger partial charge in [-0.1, -0.05) is 13.8 Å². The largest absolute Gasteiger partial charge is 0.489 e. The lowest BCUT2D eigenvalue weighted by Gasteiger charge is -2.39. The topological polar surface area (TPSA) is 12.5 Å². The van der Waals surface area contributed by atoms with Crippen LogP contribution in [0.1, 0.15) is 34.6 Å². The highest BCUT2D eigenvalue weighted by Gasteiger charge is 2.26. The highest BCUT2D eigenvalue weighted by molar-refractivity contribution is 5.61. The van der Waals surface area contributed by atoms with Gasteiger partial charge in [0.05, 0.1) is 11.7 Å². The molecule has 17 heavy (non-hydrogen) atoms. The van der Waals surface area contributed by atoms with E-state index in [9.17, 15) is 4.39 Å². The Morgan fingerprint density at radius 2 is 2.00 bits per heavy atom. The molecule has 1 heterocycles. The summed E-state index contributed by atoms with van der Waals surface area (Å²) in [6, 6.07) is 5.46. The van der Waals surface area contributed by atoms with Crippen molar-refractivity contribution in [1.29, 1.82) is 0 Å². The van der Waals surface area contributed by atoms with Crippen molar-refractivity contribution < 1.29 is 9.13 Å². The lowest BCUT2D eigenvalue weighted by atomic mass is 10.1. The van der Waals surface area contributed by atoms with Crippen molar-refractivity contribution in [1.82, 2.24) is 0 Å². The summed E-state index contributed by atoms with van der Waals surface area (Å²) in [7, 11) is 0. The van der Waals surface area contributed by atoms with E-state index in [1.54, 1.807) is 6.07 Å². The van der Waals surface area contributed by atoms with Crippen LogP contribution in [-0.2, 0) is 0 Å². The third-order valence-electron chi connectivity index (χ3n) is 2.71. The number of fused-ring (bicyclic) bond motifs is 1. The van der Waals surface area contributed by atoms with Crippen molar-refractivity contribution in [3.63, 3.8) is 0 Å². The van der Waals surface area contributed by atoms with Crippen molar-refractivity contribution >= 4 is 5.69 Å². The molecule has 0 aliphatic carbocycles. The van der Waals surface area contributed by atoms with E-state index in [0.29, 0.717) is 24.4 Å². The van der Waals surface area contributed by atoms with E-state index >= 15 is 0 Å². The van der Waals surface area contributed by atoms with Crippen LogP contribution < -0.4 is 9.64 Å². The Morgan fingerprint density at radius 1 is 1.35 bits per heavy atom. The molecule has 0 radical (unpaired) electrons. The Kier molecular flexibility index (Phi) is 4.79. The molecule has 96 valence electrons. The first-order valence-corrected chi connectivity index (χ1v) is 6.30. The van der Waals surface area contributed by atoms with Crippen LogP contribution in [0.5, 0.6) is 5.75 Å². The van der Waals surface area contributed by atoms with Gasteiger partial charge in [0.15, 0.2) is 0 Å². The molecular weight excluding hydrogens is 217 g/mol. The van der Waals surface area contributed by atoms with E-state index in [-0.39, 0.29) is 5.82 Å². The van der Waals surface area contributed by atoms with E-state index in [0.717, 1.165) is 5.69 Å². The van der Waals surface area contributed by atoms with Gasteiger partial charge < -0.3 is 9.64 Å². The molecule has 0 amide bonds. The molecule has 0 fully saturated rings. The van der Waals surface area contributed by atoms with Crippen molar-refractivity contribution in [2.45, 2.75) is 46.7 Å². The minimum Gasteiger partial charge on any atom is -0.489 e. The van der Waals surface area contributed by atoms with E-state index in [1.807, 2.05) is 13.8 Å². The second-order valence-electron chi connectivity index (χ2n) is 4.27. The molecule has 1 aromatic carbocycles. The van der Waals surface area contributed by atoms with Crippen LogP contribution in [0.15, 0.2) is 18.2 Å². The molecule has 0 saturated heterocycles. The number of nitrogens with zero attached hydrogens (tertiary/aromatic N) is 1. The molecule has 0 saturated carbocycles. The summed E-state index contributed by atoms with van der Waals surface area (Å²) in [5.41, 5.74) is 0.991. The van der Waals surface area contributed by atoms with Gasteiger partial charge in [0, 0.05) is 12.1 Å². The van der Waals surface area contributed by atoms with Gasteiger partial charge in [0.1, 0.15) is 18.2 Å². The maximum absolute atomic E-state index is 13.0. The maximum Gasteiger partial charge on any atom is 0.145 e. The zero-order valence-electron chi connectivity index (χ0n) is 11.3. The number of rotatable bonds is 1. The molecule has 0 N–H and O–H groups in total. The Bertz CT molecular complexity index is 365. The molecule has 1 aromatic rings. The molecular formula is C14H22FNO. The molecule has 0 bridgehead atoms. The normalized spacial score (nSPS) is 18.1. The van der Waals surface area contributed by atoms with Crippen molar-refractivity contribution in [3.8, 4) is 5.75 Å². The van der Waals surface area contributed by atoms with Crippen LogP contribution >= 0.6 is 0 Å². The minimum atomic E-state index is -0.244. The predicted octanol–water partition coefficient (Wildman–Crippen LogP) is 3.85. The molecule has 2 rings (SSSR count). The van der Waals surface area contributed by atoms with Crippen molar-refractivity contribution in [3.05, 3.63) is 24.0 Å². The molecule has 1 unspecified atom stereocenters. The number of hydrogen-bond acceptors (Lipinski definition) is 2. The van der Waals surface area contributed by atoms with Crippen LogP contribution in [0.25, 0.3) is 0 Å². The summed E-state index contributed by atoms with van der Waals surface area (Å²) in [5.74, 6) is 0.411. The SMILES string of the molecule is CC.CC(C)N1c2ccc(F)cc2OCC1C. The molecule has 0 aromatic heterocycles. The molecule has 1 aliphatic rings. The van der Waals surface area contributed by atoms with Gasteiger partial charge >= 0.3 is 0 Å². The Labute approximate surface area is 103 Å². The second-order valence-corrected chi connectivity index (χ2v) is 4.27. The van der Waals surface area contributed by atoms with Gasteiger partial charge in [0.25, 0.3) is 0 Å². The Balaban J connectivity index is 0.000000686. The van der Waals surface area contributed by atoms with Crippen LogP contribution in [0.2, 0.25) is 0 Å². The third kappa shape index (κ3) is 2.90. The van der Waals surface area contributed by atoms with Crippen LogP contribution in [0.3, 0.4) is 0 Å².